The third-order valence-corrected chi connectivity index (χ3v) is 3.18. The van der Waals surface area contributed by atoms with Gasteiger partial charge in [0.15, 0.2) is 5.96 Å². The molecule has 0 saturated heterocycles. The molecule has 0 saturated carbocycles. The Morgan fingerprint density at radius 1 is 1.09 bits per heavy atom. The molecule has 0 fully saturated rings. The van der Waals surface area contributed by atoms with Crippen molar-refractivity contribution in [3.05, 3.63) is 65.7 Å². The Hall–Kier alpha value is -2.53. The Labute approximate surface area is 137 Å². The maximum atomic E-state index is 5.79. The summed E-state index contributed by atoms with van der Waals surface area (Å²) in [4.78, 5) is 4.31. The van der Waals surface area contributed by atoms with Crippen molar-refractivity contribution in [2.75, 3.05) is 20.3 Å². The average molecular weight is 313 g/mol. The summed E-state index contributed by atoms with van der Waals surface area (Å²) < 4.78 is 10.7. The number of guanidine groups is 1. The van der Waals surface area contributed by atoms with Gasteiger partial charge in [0.2, 0.25) is 0 Å². The summed E-state index contributed by atoms with van der Waals surface area (Å²) in [5.41, 5.74) is 7.99. The number of para-hydroxylation sites is 1. The summed E-state index contributed by atoms with van der Waals surface area (Å²) in [6, 6.07) is 17.9. The van der Waals surface area contributed by atoms with Gasteiger partial charge in [-0.1, -0.05) is 42.5 Å². The minimum absolute atomic E-state index is 0.424. The first kappa shape index (κ1) is 16.8. The van der Waals surface area contributed by atoms with Crippen molar-refractivity contribution < 1.29 is 9.47 Å². The van der Waals surface area contributed by atoms with Crippen molar-refractivity contribution >= 4 is 5.96 Å². The Bertz CT molecular complexity index is 615. The second-order valence-electron chi connectivity index (χ2n) is 5.04. The summed E-state index contributed by atoms with van der Waals surface area (Å²) >= 11 is 0. The zero-order chi connectivity index (χ0) is 16.3. The minimum Gasteiger partial charge on any atom is -0.489 e. The molecular weight excluding hydrogens is 290 g/mol. The topological polar surface area (TPSA) is 68.9 Å². The Balaban J connectivity index is 1.85. The summed E-state index contributed by atoms with van der Waals surface area (Å²) in [5, 5.41) is 2.99. The minimum atomic E-state index is 0.424. The highest BCUT2D eigenvalue weighted by molar-refractivity contribution is 5.77. The van der Waals surface area contributed by atoms with Crippen molar-refractivity contribution in [1.82, 2.24) is 5.32 Å². The van der Waals surface area contributed by atoms with Crippen molar-refractivity contribution in [2.45, 2.75) is 13.2 Å². The molecule has 0 unspecified atom stereocenters. The molecule has 0 radical (unpaired) electrons. The van der Waals surface area contributed by atoms with Gasteiger partial charge in [0.05, 0.1) is 13.2 Å². The van der Waals surface area contributed by atoms with E-state index >= 15 is 0 Å². The van der Waals surface area contributed by atoms with Crippen LogP contribution >= 0.6 is 0 Å². The predicted molar refractivity (Wildman–Crippen MR) is 92.4 cm³/mol. The smallest absolute Gasteiger partial charge is 0.188 e. The molecule has 0 heterocycles. The number of rotatable bonds is 8. The molecule has 0 aliphatic carbocycles. The number of methoxy groups -OCH3 is 1. The highest BCUT2D eigenvalue weighted by Gasteiger charge is 1.98. The number of benzene rings is 2. The van der Waals surface area contributed by atoms with Crippen LogP contribution in [0, 0.1) is 0 Å². The van der Waals surface area contributed by atoms with E-state index in [1.807, 2.05) is 48.5 Å². The lowest BCUT2D eigenvalue weighted by atomic mass is 10.1. The first-order valence-corrected chi connectivity index (χ1v) is 7.56. The number of ether oxygens (including phenoxy) is 2. The highest BCUT2D eigenvalue weighted by Crippen LogP contribution is 2.13. The van der Waals surface area contributed by atoms with Crippen LogP contribution in [0.4, 0.5) is 0 Å². The van der Waals surface area contributed by atoms with Crippen LogP contribution < -0.4 is 15.8 Å². The highest BCUT2D eigenvalue weighted by atomic mass is 16.5. The third kappa shape index (κ3) is 6.40. The molecule has 122 valence electrons. The fraction of sp³-hybridized carbons (Fsp3) is 0.278. The van der Waals surface area contributed by atoms with Crippen LogP contribution in [-0.4, -0.2) is 26.2 Å². The lowest BCUT2D eigenvalue weighted by Gasteiger charge is -2.08. The van der Waals surface area contributed by atoms with Crippen molar-refractivity contribution in [3.63, 3.8) is 0 Å². The van der Waals surface area contributed by atoms with Gasteiger partial charge in [-0.05, 0) is 23.3 Å². The first-order valence-electron chi connectivity index (χ1n) is 7.56. The Morgan fingerprint density at radius 3 is 2.65 bits per heavy atom. The molecule has 0 aliphatic rings. The molecule has 0 amide bonds. The van der Waals surface area contributed by atoms with Gasteiger partial charge in [-0.25, -0.2) is 4.99 Å². The van der Waals surface area contributed by atoms with Crippen molar-refractivity contribution in [1.29, 1.82) is 0 Å². The van der Waals surface area contributed by atoms with E-state index in [1.165, 1.54) is 0 Å². The van der Waals surface area contributed by atoms with Crippen LogP contribution in [0.3, 0.4) is 0 Å². The molecule has 2 aromatic rings. The van der Waals surface area contributed by atoms with Crippen LogP contribution in [0.15, 0.2) is 59.6 Å². The molecule has 23 heavy (non-hydrogen) atoms. The number of aliphatic imine (C=N–C) groups is 1. The Kier molecular flexibility index (Phi) is 6.94. The molecule has 3 N–H and O–H groups in total. The van der Waals surface area contributed by atoms with E-state index < -0.39 is 0 Å². The van der Waals surface area contributed by atoms with Gasteiger partial charge < -0.3 is 20.5 Å². The van der Waals surface area contributed by atoms with Crippen LogP contribution in [0.2, 0.25) is 0 Å². The van der Waals surface area contributed by atoms with E-state index in [9.17, 15) is 0 Å². The number of hydrogen-bond acceptors (Lipinski definition) is 3. The fourth-order valence-corrected chi connectivity index (χ4v) is 2.01. The van der Waals surface area contributed by atoms with Crippen LogP contribution in [0.25, 0.3) is 0 Å². The molecule has 5 nitrogen and oxygen atoms in total. The van der Waals surface area contributed by atoms with Crippen LogP contribution in [-0.2, 0) is 17.9 Å². The van der Waals surface area contributed by atoms with Gasteiger partial charge in [-0.2, -0.15) is 0 Å². The quantitative estimate of drug-likeness (QED) is 0.446. The summed E-state index contributed by atoms with van der Waals surface area (Å²) in [5.74, 6) is 1.29. The van der Waals surface area contributed by atoms with Gasteiger partial charge in [0.25, 0.3) is 0 Å². The number of nitrogens with two attached hydrogens (primary N) is 1. The number of nitrogens with zero attached hydrogens (tertiary/aromatic N) is 1. The molecule has 0 atom stereocenters. The summed E-state index contributed by atoms with van der Waals surface area (Å²) in [7, 11) is 1.65. The fourth-order valence-electron chi connectivity index (χ4n) is 2.01. The lowest BCUT2D eigenvalue weighted by Crippen LogP contribution is -2.34. The molecule has 0 bridgehead atoms. The molecule has 0 spiro atoms. The Morgan fingerprint density at radius 2 is 1.87 bits per heavy atom. The molecular formula is C18H23N3O2. The summed E-state index contributed by atoms with van der Waals surface area (Å²) in [6.07, 6.45) is 0. The molecule has 2 rings (SSSR count). The van der Waals surface area contributed by atoms with Gasteiger partial charge in [0.1, 0.15) is 12.4 Å². The first-order chi connectivity index (χ1) is 11.3. The van der Waals surface area contributed by atoms with E-state index in [4.69, 9.17) is 15.2 Å². The van der Waals surface area contributed by atoms with E-state index in [0.717, 1.165) is 16.9 Å². The molecule has 2 aromatic carbocycles. The standard InChI is InChI=1S/C18H23N3O2/c1-22-11-10-20-18(19)21-13-15-6-5-7-16(12-15)14-23-17-8-3-2-4-9-17/h2-9,12H,10-11,13-14H2,1H3,(H3,19,20,21). The average Bonchev–Trinajstić information content (AvgIpc) is 2.60. The van der Waals surface area contributed by atoms with Gasteiger partial charge in [-0.3, -0.25) is 0 Å². The normalized spacial score (nSPS) is 11.3. The van der Waals surface area contributed by atoms with E-state index in [1.54, 1.807) is 7.11 Å². The monoisotopic (exact) mass is 313 g/mol. The zero-order valence-corrected chi connectivity index (χ0v) is 13.4. The SMILES string of the molecule is COCCNC(N)=NCc1cccc(COc2ccccc2)c1. The molecule has 0 aromatic heterocycles. The second-order valence-corrected chi connectivity index (χ2v) is 5.04. The second kappa shape index (κ2) is 9.48. The third-order valence-electron chi connectivity index (χ3n) is 3.18. The predicted octanol–water partition coefficient (Wildman–Crippen LogP) is 2.32. The zero-order valence-electron chi connectivity index (χ0n) is 13.4. The van der Waals surface area contributed by atoms with Gasteiger partial charge in [0, 0.05) is 13.7 Å². The number of hydrogen-bond donors (Lipinski definition) is 2. The van der Waals surface area contributed by atoms with E-state index in [2.05, 4.69) is 16.4 Å². The maximum absolute atomic E-state index is 5.79. The van der Waals surface area contributed by atoms with Crippen molar-refractivity contribution in [3.8, 4) is 5.75 Å². The summed E-state index contributed by atoms with van der Waals surface area (Å²) in [6.45, 7) is 2.31. The van der Waals surface area contributed by atoms with Crippen molar-refractivity contribution in [2.24, 2.45) is 10.7 Å². The number of nitrogens with one attached hydrogen (secondary N) is 1. The molecule has 5 heteroatoms. The molecule has 0 aliphatic heterocycles. The van der Waals surface area contributed by atoms with E-state index in [0.29, 0.717) is 32.3 Å². The van der Waals surface area contributed by atoms with Crippen LogP contribution in [0.5, 0.6) is 5.75 Å². The maximum Gasteiger partial charge on any atom is 0.188 e. The largest absolute Gasteiger partial charge is 0.489 e. The van der Waals surface area contributed by atoms with Crippen LogP contribution in [0.1, 0.15) is 11.1 Å². The van der Waals surface area contributed by atoms with Gasteiger partial charge in [-0.15, -0.1) is 0 Å². The van der Waals surface area contributed by atoms with Gasteiger partial charge >= 0.3 is 0 Å². The lowest BCUT2D eigenvalue weighted by molar-refractivity contribution is 0.204. The van der Waals surface area contributed by atoms with E-state index in [-0.39, 0.29) is 0 Å².